The molecule has 0 heterocycles. The summed E-state index contributed by atoms with van der Waals surface area (Å²) in [6.07, 6.45) is -4.53. The molecule has 2 aromatic rings. The first-order chi connectivity index (χ1) is 12.8. The molecule has 6 nitrogen and oxygen atoms in total. The van der Waals surface area contributed by atoms with Crippen LogP contribution in [0.4, 0.5) is 18.9 Å². The van der Waals surface area contributed by atoms with Gasteiger partial charge in [0.25, 0.3) is 11.8 Å². The Morgan fingerprint density at radius 2 is 1.63 bits per heavy atom. The summed E-state index contributed by atoms with van der Waals surface area (Å²) in [5.41, 5.74) is 0.0000490. The molecule has 27 heavy (non-hydrogen) atoms. The second-order valence-electron chi connectivity index (χ2n) is 5.36. The van der Waals surface area contributed by atoms with E-state index in [0.29, 0.717) is 11.5 Å². The number of amides is 2. The van der Waals surface area contributed by atoms with E-state index in [1.165, 1.54) is 25.3 Å². The van der Waals surface area contributed by atoms with Gasteiger partial charge in [-0.2, -0.15) is 13.2 Å². The van der Waals surface area contributed by atoms with Crippen molar-refractivity contribution in [2.75, 3.05) is 25.6 Å². The first kappa shape index (κ1) is 20.1. The smallest absolute Gasteiger partial charge is 0.405 e. The molecule has 2 N–H and O–H groups in total. The lowest BCUT2D eigenvalue weighted by atomic mass is 10.1. The number of alkyl halides is 3. The molecule has 0 spiro atoms. The summed E-state index contributed by atoms with van der Waals surface area (Å²) in [6, 6.07) is 12.3. The molecule has 0 fully saturated rings. The normalized spacial score (nSPS) is 10.8. The third kappa shape index (κ3) is 6.53. The van der Waals surface area contributed by atoms with Crippen LogP contribution in [0.15, 0.2) is 48.5 Å². The van der Waals surface area contributed by atoms with Gasteiger partial charge in [0, 0.05) is 0 Å². The second kappa shape index (κ2) is 8.93. The molecule has 2 rings (SSSR count). The zero-order valence-electron chi connectivity index (χ0n) is 14.3. The van der Waals surface area contributed by atoms with E-state index in [1.54, 1.807) is 35.6 Å². The van der Waals surface area contributed by atoms with Gasteiger partial charge < -0.3 is 20.1 Å². The highest BCUT2D eigenvalue weighted by molar-refractivity contribution is 6.04. The van der Waals surface area contributed by atoms with Crippen molar-refractivity contribution in [2.45, 2.75) is 6.18 Å². The number of para-hydroxylation sites is 1. The van der Waals surface area contributed by atoms with Gasteiger partial charge in [0.1, 0.15) is 18.0 Å². The van der Waals surface area contributed by atoms with E-state index in [4.69, 9.17) is 9.47 Å². The number of hydrogen-bond donors (Lipinski definition) is 2. The third-order valence-electron chi connectivity index (χ3n) is 3.32. The molecule has 0 bridgehead atoms. The zero-order chi connectivity index (χ0) is 19.9. The molecular weight excluding hydrogens is 365 g/mol. The zero-order valence-corrected chi connectivity index (χ0v) is 14.3. The molecule has 0 saturated heterocycles. The number of nitrogens with one attached hydrogen (secondary N) is 2. The number of hydrogen-bond acceptors (Lipinski definition) is 4. The van der Waals surface area contributed by atoms with Crippen LogP contribution in [0, 0.1) is 0 Å². The van der Waals surface area contributed by atoms with E-state index in [-0.39, 0.29) is 17.9 Å². The van der Waals surface area contributed by atoms with Crippen molar-refractivity contribution in [2.24, 2.45) is 0 Å². The van der Waals surface area contributed by atoms with Crippen LogP contribution in [0.1, 0.15) is 10.4 Å². The van der Waals surface area contributed by atoms with Crippen LogP contribution in [-0.4, -0.2) is 38.3 Å². The van der Waals surface area contributed by atoms with Crippen LogP contribution in [0.3, 0.4) is 0 Å². The highest BCUT2D eigenvalue weighted by atomic mass is 19.4. The number of rotatable bonds is 7. The largest absolute Gasteiger partial charge is 0.497 e. The number of halogens is 3. The van der Waals surface area contributed by atoms with Crippen LogP contribution in [0.5, 0.6) is 11.5 Å². The summed E-state index contributed by atoms with van der Waals surface area (Å²) in [4.78, 5) is 24.0. The molecule has 9 heteroatoms. The van der Waals surface area contributed by atoms with Crippen LogP contribution in [0.2, 0.25) is 0 Å². The predicted molar refractivity (Wildman–Crippen MR) is 91.9 cm³/mol. The van der Waals surface area contributed by atoms with E-state index in [1.807, 2.05) is 0 Å². The van der Waals surface area contributed by atoms with Crippen LogP contribution < -0.4 is 20.1 Å². The summed E-state index contributed by atoms with van der Waals surface area (Å²) in [5.74, 6) is -0.450. The Morgan fingerprint density at radius 3 is 2.26 bits per heavy atom. The van der Waals surface area contributed by atoms with Gasteiger partial charge in [0.05, 0.1) is 18.4 Å². The first-order valence-corrected chi connectivity index (χ1v) is 7.79. The molecule has 0 aliphatic heterocycles. The minimum atomic E-state index is -4.53. The fraction of sp³-hybridized carbons (Fsp3) is 0.222. The summed E-state index contributed by atoms with van der Waals surface area (Å²) in [5, 5.41) is 4.21. The van der Waals surface area contributed by atoms with Gasteiger partial charge in [0.15, 0.2) is 6.61 Å². The van der Waals surface area contributed by atoms with Gasteiger partial charge >= 0.3 is 6.18 Å². The average molecular weight is 382 g/mol. The highest BCUT2D eigenvalue weighted by Gasteiger charge is 2.28. The van der Waals surface area contributed by atoms with Crippen LogP contribution in [-0.2, 0) is 4.79 Å². The minimum absolute atomic E-state index is 0.0838. The standard InChI is InChI=1S/C18H17F3N2O4/c1-26-12-6-8-13(9-7-12)27-10-16(24)23-15-5-3-2-4-14(15)17(25)22-11-18(19,20)21/h2-9H,10-11H2,1H3,(H,22,25)(H,23,24). The summed E-state index contributed by atoms with van der Waals surface area (Å²) in [7, 11) is 1.52. The number of anilines is 1. The number of methoxy groups -OCH3 is 1. The van der Waals surface area contributed by atoms with E-state index < -0.39 is 24.5 Å². The topological polar surface area (TPSA) is 76.7 Å². The highest BCUT2D eigenvalue weighted by Crippen LogP contribution is 2.18. The Balaban J connectivity index is 1.95. The van der Waals surface area contributed by atoms with Gasteiger partial charge in [-0.25, -0.2) is 0 Å². The summed E-state index contributed by atoms with van der Waals surface area (Å²) >= 11 is 0. The van der Waals surface area contributed by atoms with Crippen molar-refractivity contribution in [1.29, 1.82) is 0 Å². The van der Waals surface area contributed by atoms with Crippen molar-refractivity contribution >= 4 is 17.5 Å². The lowest BCUT2D eigenvalue weighted by molar-refractivity contribution is -0.123. The van der Waals surface area contributed by atoms with Crippen LogP contribution >= 0.6 is 0 Å². The molecular formula is C18H17F3N2O4. The van der Waals surface area contributed by atoms with Gasteiger partial charge in [-0.15, -0.1) is 0 Å². The van der Waals surface area contributed by atoms with Crippen molar-refractivity contribution < 1.29 is 32.2 Å². The molecule has 0 radical (unpaired) electrons. The van der Waals surface area contributed by atoms with E-state index in [0.717, 1.165) is 0 Å². The van der Waals surface area contributed by atoms with Gasteiger partial charge in [-0.05, 0) is 36.4 Å². The van der Waals surface area contributed by atoms with Crippen molar-refractivity contribution in [3.63, 3.8) is 0 Å². The Kier molecular flexibility index (Phi) is 6.64. The molecule has 0 aromatic heterocycles. The number of ether oxygens (including phenoxy) is 2. The molecule has 0 unspecified atom stereocenters. The molecule has 0 aliphatic carbocycles. The number of carbonyl (C=O) groups is 2. The maximum absolute atomic E-state index is 12.2. The number of benzene rings is 2. The maximum atomic E-state index is 12.2. The minimum Gasteiger partial charge on any atom is -0.497 e. The fourth-order valence-corrected chi connectivity index (χ4v) is 2.07. The lowest BCUT2D eigenvalue weighted by Gasteiger charge is -2.13. The van der Waals surface area contributed by atoms with Gasteiger partial charge in [-0.1, -0.05) is 12.1 Å². The SMILES string of the molecule is COc1ccc(OCC(=O)Nc2ccccc2C(=O)NCC(F)(F)F)cc1. The Bertz CT molecular complexity index is 792. The first-order valence-electron chi connectivity index (χ1n) is 7.79. The molecule has 144 valence electrons. The van der Waals surface area contributed by atoms with Crippen molar-refractivity contribution in [3.05, 3.63) is 54.1 Å². The molecule has 0 saturated carbocycles. The van der Waals surface area contributed by atoms with Crippen molar-refractivity contribution in [1.82, 2.24) is 5.32 Å². The maximum Gasteiger partial charge on any atom is 0.405 e. The van der Waals surface area contributed by atoms with E-state index >= 15 is 0 Å². The Hall–Kier alpha value is -3.23. The molecule has 2 amide bonds. The Labute approximate surface area is 153 Å². The summed E-state index contributed by atoms with van der Waals surface area (Å²) < 4.78 is 47.1. The quantitative estimate of drug-likeness (QED) is 0.772. The van der Waals surface area contributed by atoms with E-state index in [2.05, 4.69) is 5.32 Å². The Morgan fingerprint density at radius 1 is 1.00 bits per heavy atom. The lowest BCUT2D eigenvalue weighted by Crippen LogP contribution is -2.34. The summed E-state index contributed by atoms with van der Waals surface area (Å²) in [6.45, 7) is -1.81. The van der Waals surface area contributed by atoms with E-state index in [9.17, 15) is 22.8 Å². The van der Waals surface area contributed by atoms with Gasteiger partial charge in [-0.3, -0.25) is 9.59 Å². The van der Waals surface area contributed by atoms with Crippen LogP contribution in [0.25, 0.3) is 0 Å². The predicted octanol–water partition coefficient (Wildman–Crippen LogP) is 3.00. The fourth-order valence-electron chi connectivity index (χ4n) is 2.07. The molecule has 2 aromatic carbocycles. The second-order valence-corrected chi connectivity index (χ2v) is 5.36. The monoisotopic (exact) mass is 382 g/mol. The van der Waals surface area contributed by atoms with Crippen molar-refractivity contribution in [3.8, 4) is 11.5 Å². The third-order valence-corrected chi connectivity index (χ3v) is 3.32. The molecule has 0 atom stereocenters. The average Bonchev–Trinajstić information content (AvgIpc) is 2.64. The van der Waals surface area contributed by atoms with Gasteiger partial charge in [0.2, 0.25) is 0 Å². The molecule has 0 aliphatic rings. The number of carbonyl (C=O) groups excluding carboxylic acids is 2.